The summed E-state index contributed by atoms with van der Waals surface area (Å²) in [4.78, 5) is 15.2. The fraction of sp³-hybridized carbons (Fsp3) is 0.531. The number of rotatable bonds is 0. The predicted molar refractivity (Wildman–Crippen MR) is 163 cm³/mol. The number of anilines is 1. The van der Waals surface area contributed by atoms with E-state index >= 15 is 0 Å². The molecular formula is C32H38ClF3N2O5S. The summed E-state index contributed by atoms with van der Waals surface area (Å²) in [6, 6.07) is 10.2. The van der Waals surface area contributed by atoms with Crippen molar-refractivity contribution in [1.82, 2.24) is 4.72 Å². The zero-order valence-electron chi connectivity index (χ0n) is 24.7. The van der Waals surface area contributed by atoms with Crippen LogP contribution >= 0.6 is 11.6 Å². The van der Waals surface area contributed by atoms with Gasteiger partial charge >= 0.3 is 6.18 Å². The lowest BCUT2D eigenvalue weighted by atomic mass is 9.64. The van der Waals surface area contributed by atoms with Gasteiger partial charge in [0.25, 0.3) is 5.91 Å². The molecule has 5 rings (SSSR count). The average molecular weight is 655 g/mol. The molecule has 3 aliphatic rings. The number of benzene rings is 2. The number of aryl methyl sites for hydroxylation is 1. The molecular weight excluding hydrogens is 617 g/mol. The molecule has 1 amide bonds. The van der Waals surface area contributed by atoms with Gasteiger partial charge in [-0.15, -0.1) is 0 Å². The first kappa shape index (κ1) is 32.6. The van der Waals surface area contributed by atoms with Crippen molar-refractivity contribution in [2.45, 2.75) is 76.0 Å². The summed E-state index contributed by atoms with van der Waals surface area (Å²) in [5.74, 6) is -2.58. The van der Waals surface area contributed by atoms with Gasteiger partial charge in [-0.1, -0.05) is 30.7 Å². The maximum Gasteiger partial charge on any atom is 0.421 e. The van der Waals surface area contributed by atoms with Crippen LogP contribution in [0.2, 0.25) is 5.02 Å². The lowest BCUT2D eigenvalue weighted by Gasteiger charge is -2.48. The quantitative estimate of drug-likeness (QED) is 0.318. The zero-order chi connectivity index (χ0) is 31.9. The molecule has 2 aromatic carbocycles. The Balaban J connectivity index is 1.59. The molecule has 0 saturated heterocycles. The lowest BCUT2D eigenvalue weighted by molar-refractivity contribution is -0.273. The standard InChI is InChI=1S/C32H38ClF3N2O5S/c1-20-6-5-14-31(40,32(34,35)36)27-12-9-24(27)18-38-15-4-3-7-22-16-26(33)11-8-25(22)19-43-29-13-10-23(17-28(29)38)30(39)37-44(41,42)21(20)2/h5,8,10-11,13-14,16-17,20-21,24,27,40H,3-4,6-7,9,12,15,18-19H2,1-2H3,(H,37,39)/b14-5-/t20-,21+,24-,27+,31+/m0/s1. The Kier molecular flexibility index (Phi) is 9.31. The summed E-state index contributed by atoms with van der Waals surface area (Å²) in [5, 5.41) is 10.7. The molecule has 2 aliphatic heterocycles. The van der Waals surface area contributed by atoms with Gasteiger partial charge in [-0.05, 0) is 105 Å². The number of nitrogens with one attached hydrogen (secondary N) is 1. The first-order valence-electron chi connectivity index (χ1n) is 15.0. The molecule has 1 fully saturated rings. The van der Waals surface area contributed by atoms with Crippen molar-refractivity contribution in [3.05, 3.63) is 70.3 Å². The molecule has 1 saturated carbocycles. The zero-order valence-corrected chi connectivity index (χ0v) is 26.3. The monoisotopic (exact) mass is 654 g/mol. The maximum absolute atomic E-state index is 14.5. The number of halogens is 4. The largest absolute Gasteiger partial charge is 0.487 e. The van der Waals surface area contributed by atoms with Crippen molar-refractivity contribution in [3.63, 3.8) is 0 Å². The van der Waals surface area contributed by atoms with Gasteiger partial charge < -0.3 is 14.7 Å². The van der Waals surface area contributed by atoms with Crippen LogP contribution in [0.3, 0.4) is 0 Å². The van der Waals surface area contributed by atoms with Crippen molar-refractivity contribution in [2.24, 2.45) is 17.8 Å². The summed E-state index contributed by atoms with van der Waals surface area (Å²) in [6.45, 7) is 3.84. The van der Waals surface area contributed by atoms with Crippen LogP contribution in [-0.2, 0) is 23.1 Å². The van der Waals surface area contributed by atoms with Gasteiger partial charge in [-0.25, -0.2) is 13.1 Å². The molecule has 2 bridgehead atoms. The number of amides is 1. The Morgan fingerprint density at radius 2 is 1.86 bits per heavy atom. The topological polar surface area (TPSA) is 95.9 Å². The van der Waals surface area contributed by atoms with Gasteiger partial charge in [0.05, 0.1) is 10.9 Å². The van der Waals surface area contributed by atoms with Crippen LogP contribution in [0.15, 0.2) is 48.6 Å². The average Bonchev–Trinajstić information content (AvgIpc) is 2.96. The van der Waals surface area contributed by atoms with E-state index in [-0.39, 0.29) is 31.6 Å². The third-order valence-electron chi connectivity index (χ3n) is 9.53. The van der Waals surface area contributed by atoms with E-state index in [1.54, 1.807) is 25.1 Å². The SMILES string of the molecule is C[C@@H]1[C@@H](C)C/C=C\[C@](O)(C(F)(F)F)[C@@H]2CC[C@H]2CN2CCCCc3cc(Cl)ccc3COc3ccc(cc32)C(=O)NS1(=O)=O. The molecule has 0 radical (unpaired) electrons. The Hall–Kier alpha value is -2.76. The van der Waals surface area contributed by atoms with Crippen molar-refractivity contribution >= 4 is 33.2 Å². The first-order chi connectivity index (χ1) is 20.7. The van der Waals surface area contributed by atoms with Crippen molar-refractivity contribution < 1.29 is 36.2 Å². The normalized spacial score (nSPS) is 30.3. The highest BCUT2D eigenvalue weighted by molar-refractivity contribution is 7.90. The van der Waals surface area contributed by atoms with Crippen LogP contribution in [-0.4, -0.2) is 49.5 Å². The highest BCUT2D eigenvalue weighted by Gasteiger charge is 2.61. The van der Waals surface area contributed by atoms with Crippen LogP contribution in [0.4, 0.5) is 18.9 Å². The summed E-state index contributed by atoms with van der Waals surface area (Å²) < 4.78 is 78.1. The number of ether oxygens (including phenoxy) is 1. The van der Waals surface area contributed by atoms with Gasteiger partial charge in [0.2, 0.25) is 10.0 Å². The van der Waals surface area contributed by atoms with Crippen LogP contribution in [0.5, 0.6) is 5.75 Å². The second-order valence-electron chi connectivity index (χ2n) is 12.4. The minimum Gasteiger partial charge on any atom is -0.487 e. The third kappa shape index (κ3) is 6.60. The molecule has 7 nitrogen and oxygen atoms in total. The Labute approximate surface area is 261 Å². The number of sulfonamides is 1. The van der Waals surface area contributed by atoms with E-state index in [4.69, 9.17) is 16.3 Å². The Bertz CT molecular complexity index is 1530. The maximum atomic E-state index is 14.5. The van der Waals surface area contributed by atoms with Gasteiger partial charge in [-0.3, -0.25) is 4.79 Å². The van der Waals surface area contributed by atoms with Crippen LogP contribution < -0.4 is 14.4 Å². The number of fused-ring (bicyclic) bond motifs is 3. The number of carbonyl (C=O) groups is 1. The van der Waals surface area contributed by atoms with E-state index in [0.717, 1.165) is 30.0 Å². The number of aliphatic hydroxyl groups is 1. The summed E-state index contributed by atoms with van der Waals surface area (Å²) in [5.41, 5.74) is -0.492. The summed E-state index contributed by atoms with van der Waals surface area (Å²) >= 11 is 6.25. The molecule has 2 N–H and O–H groups in total. The van der Waals surface area contributed by atoms with E-state index in [1.807, 2.05) is 17.0 Å². The second kappa shape index (κ2) is 12.6. The van der Waals surface area contributed by atoms with Crippen molar-refractivity contribution in [1.29, 1.82) is 0 Å². The number of nitrogens with zero attached hydrogens (tertiary/aromatic N) is 1. The number of alkyl halides is 3. The van der Waals surface area contributed by atoms with E-state index in [0.29, 0.717) is 35.8 Å². The molecule has 0 spiro atoms. The summed E-state index contributed by atoms with van der Waals surface area (Å²) in [6.07, 6.45) is -0.0343. The molecule has 2 heterocycles. The molecule has 12 heteroatoms. The number of hydrogen-bond donors (Lipinski definition) is 2. The Morgan fingerprint density at radius 1 is 1.09 bits per heavy atom. The minimum atomic E-state index is -4.92. The van der Waals surface area contributed by atoms with E-state index in [9.17, 15) is 31.5 Å². The van der Waals surface area contributed by atoms with E-state index < -0.39 is 50.7 Å². The highest BCUT2D eigenvalue weighted by Crippen LogP contribution is 2.50. The highest BCUT2D eigenvalue weighted by atomic mass is 35.5. The van der Waals surface area contributed by atoms with E-state index in [2.05, 4.69) is 4.72 Å². The molecule has 2 aromatic rings. The van der Waals surface area contributed by atoms with E-state index in [1.165, 1.54) is 19.1 Å². The van der Waals surface area contributed by atoms with Gasteiger partial charge in [0.1, 0.15) is 12.4 Å². The smallest absolute Gasteiger partial charge is 0.421 e. The molecule has 5 atom stereocenters. The fourth-order valence-corrected chi connectivity index (χ4v) is 7.88. The molecule has 0 aromatic heterocycles. The fourth-order valence-electron chi connectivity index (χ4n) is 6.40. The number of allylic oxidation sites excluding steroid dienone is 1. The lowest BCUT2D eigenvalue weighted by Crippen LogP contribution is -2.57. The Morgan fingerprint density at radius 3 is 2.57 bits per heavy atom. The van der Waals surface area contributed by atoms with Gasteiger partial charge in [-0.2, -0.15) is 13.2 Å². The molecule has 240 valence electrons. The van der Waals surface area contributed by atoms with Gasteiger partial charge in [0.15, 0.2) is 5.60 Å². The second-order valence-corrected chi connectivity index (χ2v) is 14.8. The molecule has 44 heavy (non-hydrogen) atoms. The van der Waals surface area contributed by atoms with Crippen molar-refractivity contribution in [3.8, 4) is 5.75 Å². The first-order valence-corrected chi connectivity index (χ1v) is 16.9. The van der Waals surface area contributed by atoms with Crippen LogP contribution in [0, 0.1) is 17.8 Å². The number of hydrogen-bond acceptors (Lipinski definition) is 6. The van der Waals surface area contributed by atoms with Gasteiger partial charge in [0, 0.05) is 29.6 Å². The number of carbonyl (C=O) groups excluding carboxylic acids is 1. The van der Waals surface area contributed by atoms with Crippen LogP contribution in [0.1, 0.15) is 67.4 Å². The molecule has 1 aliphatic carbocycles. The predicted octanol–water partition coefficient (Wildman–Crippen LogP) is 6.43. The van der Waals surface area contributed by atoms with Crippen LogP contribution in [0.25, 0.3) is 0 Å². The minimum absolute atomic E-state index is 0.0258. The molecule has 0 unspecified atom stereocenters. The van der Waals surface area contributed by atoms with Crippen molar-refractivity contribution in [2.75, 3.05) is 18.0 Å². The third-order valence-corrected chi connectivity index (χ3v) is 11.7. The summed E-state index contributed by atoms with van der Waals surface area (Å²) in [7, 11) is -4.18.